The van der Waals surface area contributed by atoms with Crippen molar-refractivity contribution in [3.05, 3.63) is 60.7 Å². The molecular weight excluding hydrogens is 622 g/mol. The molecule has 2 aromatic rings. The summed E-state index contributed by atoms with van der Waals surface area (Å²) in [5.74, 6) is -1.24. The maximum absolute atomic E-state index is 11.4. The van der Waals surface area contributed by atoms with Crippen molar-refractivity contribution in [1.29, 1.82) is 0 Å². The molecule has 2 N–H and O–H groups in total. The van der Waals surface area contributed by atoms with E-state index in [9.17, 15) is 9.59 Å². The van der Waals surface area contributed by atoms with E-state index >= 15 is 0 Å². The SMILES string of the molecule is CC(C)(C)[Si](OCCOCCOCCOCCOCCOCCOCCCNC(=O)CCC(=O)O)(c1ccccc1)c1ccccc1. The van der Waals surface area contributed by atoms with Crippen LogP contribution in [0.2, 0.25) is 5.04 Å². The molecule has 2 rings (SSSR count). The normalized spacial score (nSPS) is 11.9. The van der Waals surface area contributed by atoms with E-state index < -0.39 is 14.3 Å². The first kappa shape index (κ1) is 40.5. The summed E-state index contributed by atoms with van der Waals surface area (Å²) in [6.45, 7) is 13.5. The number of rotatable bonds is 28. The van der Waals surface area contributed by atoms with Crippen LogP contribution in [0.25, 0.3) is 0 Å². The molecule has 12 heteroatoms. The zero-order valence-electron chi connectivity index (χ0n) is 28.4. The number of aliphatic carboxylic acids is 1. The van der Waals surface area contributed by atoms with Crippen LogP contribution in [0.3, 0.4) is 0 Å². The molecule has 0 aliphatic rings. The Balaban J connectivity index is 1.41. The van der Waals surface area contributed by atoms with Crippen molar-refractivity contribution in [3.8, 4) is 0 Å². The summed E-state index contributed by atoms with van der Waals surface area (Å²) in [5, 5.41) is 13.7. The molecule has 0 aromatic heterocycles. The molecule has 0 spiro atoms. The second-order valence-electron chi connectivity index (χ2n) is 11.8. The van der Waals surface area contributed by atoms with Crippen molar-refractivity contribution in [2.75, 3.05) is 92.4 Å². The first-order valence-electron chi connectivity index (χ1n) is 16.5. The van der Waals surface area contributed by atoms with Crippen molar-refractivity contribution in [2.24, 2.45) is 0 Å². The lowest BCUT2D eigenvalue weighted by Gasteiger charge is -2.43. The van der Waals surface area contributed by atoms with Gasteiger partial charge in [-0.05, 0) is 21.8 Å². The average molecular weight is 678 g/mol. The minimum atomic E-state index is -2.54. The first-order chi connectivity index (χ1) is 22.8. The number of carbonyl (C=O) groups excluding carboxylic acids is 1. The minimum Gasteiger partial charge on any atom is -0.481 e. The number of hydrogen-bond acceptors (Lipinski definition) is 9. The number of carboxylic acid groups (broad SMARTS) is 1. The maximum Gasteiger partial charge on any atom is 0.303 e. The van der Waals surface area contributed by atoms with Crippen LogP contribution in [0, 0.1) is 0 Å². The Bertz CT molecular complexity index is 1050. The molecule has 2 aromatic carbocycles. The second kappa shape index (κ2) is 24.5. The van der Waals surface area contributed by atoms with Crippen LogP contribution in [0.5, 0.6) is 0 Å². The number of carboxylic acids is 1. The van der Waals surface area contributed by atoms with Gasteiger partial charge in [0.1, 0.15) is 0 Å². The molecule has 0 radical (unpaired) electrons. The van der Waals surface area contributed by atoms with Gasteiger partial charge in [0.2, 0.25) is 5.91 Å². The molecule has 0 fully saturated rings. The highest BCUT2D eigenvalue weighted by Gasteiger charge is 2.50. The van der Waals surface area contributed by atoms with Crippen LogP contribution in [0.1, 0.15) is 40.0 Å². The standard InChI is InChI=1S/C35H55NO10Si/c1-35(2,3)47(31-11-6-4-7-12-31,32-13-8-5-9-14-32)46-30-29-45-28-27-44-26-25-43-24-23-42-22-21-41-20-19-40-18-10-17-36-33(37)15-16-34(38)39/h4-9,11-14H,10,15-30H2,1-3H3,(H,36,37)(H,38,39). The molecule has 0 saturated carbocycles. The average Bonchev–Trinajstić information content (AvgIpc) is 3.06. The molecule has 0 aliphatic heterocycles. The minimum absolute atomic E-state index is 0.00762. The van der Waals surface area contributed by atoms with Crippen molar-refractivity contribution >= 4 is 30.6 Å². The molecule has 1 amide bonds. The van der Waals surface area contributed by atoms with Gasteiger partial charge in [0.15, 0.2) is 0 Å². The van der Waals surface area contributed by atoms with Gasteiger partial charge in [0.25, 0.3) is 8.32 Å². The molecule has 0 bridgehead atoms. The van der Waals surface area contributed by atoms with E-state index in [4.69, 9.17) is 38.0 Å². The summed E-state index contributed by atoms with van der Waals surface area (Å²) in [4.78, 5) is 21.8. The van der Waals surface area contributed by atoms with Gasteiger partial charge in [-0.25, -0.2) is 0 Å². The number of ether oxygens (including phenoxy) is 6. The van der Waals surface area contributed by atoms with Crippen molar-refractivity contribution < 1.29 is 47.5 Å². The number of benzene rings is 2. The lowest BCUT2D eigenvalue weighted by Crippen LogP contribution is -2.66. The highest BCUT2D eigenvalue weighted by molar-refractivity contribution is 6.99. The zero-order chi connectivity index (χ0) is 34.1. The fourth-order valence-corrected chi connectivity index (χ4v) is 9.47. The van der Waals surface area contributed by atoms with Gasteiger partial charge >= 0.3 is 5.97 Å². The van der Waals surface area contributed by atoms with Crippen molar-refractivity contribution in [2.45, 2.75) is 45.1 Å². The Kier molecular flexibility index (Phi) is 21.1. The van der Waals surface area contributed by atoms with Crippen LogP contribution < -0.4 is 15.7 Å². The van der Waals surface area contributed by atoms with E-state index in [0.29, 0.717) is 98.9 Å². The third-order valence-electron chi connectivity index (χ3n) is 7.18. The molecule has 11 nitrogen and oxygen atoms in total. The Morgan fingerprint density at radius 3 is 1.36 bits per heavy atom. The van der Waals surface area contributed by atoms with E-state index in [1.807, 2.05) is 12.1 Å². The monoisotopic (exact) mass is 677 g/mol. The predicted octanol–water partition coefficient (Wildman–Crippen LogP) is 3.03. The van der Waals surface area contributed by atoms with E-state index in [0.717, 1.165) is 0 Å². The van der Waals surface area contributed by atoms with Gasteiger partial charge in [0, 0.05) is 19.6 Å². The Morgan fingerprint density at radius 2 is 0.979 bits per heavy atom. The summed E-state index contributed by atoms with van der Waals surface area (Å²) in [7, 11) is -2.54. The Morgan fingerprint density at radius 1 is 0.596 bits per heavy atom. The molecule has 0 unspecified atom stereocenters. The van der Waals surface area contributed by atoms with Crippen LogP contribution in [-0.4, -0.2) is 118 Å². The summed E-state index contributed by atoms with van der Waals surface area (Å²) in [6, 6.07) is 21.2. The summed E-state index contributed by atoms with van der Waals surface area (Å²) in [5.41, 5.74) is 0. The van der Waals surface area contributed by atoms with E-state index in [1.165, 1.54) is 10.4 Å². The molecule has 0 saturated heterocycles. The van der Waals surface area contributed by atoms with E-state index in [-0.39, 0.29) is 23.8 Å². The first-order valence-corrected chi connectivity index (χ1v) is 18.4. The molecule has 47 heavy (non-hydrogen) atoms. The number of nitrogens with one attached hydrogen (secondary N) is 1. The van der Waals surface area contributed by atoms with Crippen LogP contribution in [0.15, 0.2) is 60.7 Å². The largest absolute Gasteiger partial charge is 0.481 e. The lowest BCUT2D eigenvalue weighted by atomic mass is 10.2. The van der Waals surface area contributed by atoms with E-state index in [1.54, 1.807) is 0 Å². The van der Waals surface area contributed by atoms with Crippen molar-refractivity contribution in [3.63, 3.8) is 0 Å². The Labute approximate surface area is 281 Å². The van der Waals surface area contributed by atoms with Gasteiger partial charge in [-0.2, -0.15) is 0 Å². The molecule has 0 atom stereocenters. The highest BCUT2D eigenvalue weighted by Crippen LogP contribution is 2.36. The van der Waals surface area contributed by atoms with Gasteiger partial charge in [-0.1, -0.05) is 81.4 Å². The molecule has 264 valence electrons. The number of carbonyl (C=O) groups is 2. The quantitative estimate of drug-likeness (QED) is 0.102. The third kappa shape index (κ3) is 16.8. The summed E-state index contributed by atoms with van der Waals surface area (Å²) in [6.07, 6.45) is 0.485. The second-order valence-corrected chi connectivity index (χ2v) is 16.1. The number of hydrogen-bond donors (Lipinski definition) is 2. The fourth-order valence-electron chi connectivity index (χ4n) is 4.93. The smallest absolute Gasteiger partial charge is 0.303 e. The predicted molar refractivity (Wildman–Crippen MR) is 183 cm³/mol. The van der Waals surface area contributed by atoms with Gasteiger partial charge in [0.05, 0.1) is 85.7 Å². The fraction of sp³-hybridized carbons (Fsp3) is 0.600. The van der Waals surface area contributed by atoms with Crippen molar-refractivity contribution in [1.82, 2.24) is 5.32 Å². The highest BCUT2D eigenvalue weighted by atomic mass is 28.4. The molecule has 0 heterocycles. The Hall–Kier alpha value is -2.68. The summed E-state index contributed by atoms with van der Waals surface area (Å²) >= 11 is 0. The van der Waals surface area contributed by atoms with Crippen LogP contribution in [-0.2, 0) is 42.4 Å². The zero-order valence-corrected chi connectivity index (χ0v) is 29.4. The van der Waals surface area contributed by atoms with E-state index in [2.05, 4.69) is 74.6 Å². The van der Waals surface area contributed by atoms with Gasteiger partial charge in [-0.3, -0.25) is 9.59 Å². The van der Waals surface area contributed by atoms with Crippen LogP contribution >= 0.6 is 0 Å². The lowest BCUT2D eigenvalue weighted by molar-refractivity contribution is -0.138. The maximum atomic E-state index is 11.4. The number of amides is 1. The summed E-state index contributed by atoms with van der Waals surface area (Å²) < 4.78 is 40.2. The third-order valence-corrected chi connectivity index (χ3v) is 12.2. The van der Waals surface area contributed by atoms with Gasteiger partial charge < -0.3 is 43.3 Å². The topological polar surface area (TPSA) is 131 Å². The van der Waals surface area contributed by atoms with Gasteiger partial charge in [-0.15, -0.1) is 0 Å². The molecular formula is C35H55NO10Si. The van der Waals surface area contributed by atoms with Crippen LogP contribution in [0.4, 0.5) is 0 Å². The molecule has 0 aliphatic carbocycles.